The molecule has 0 rings (SSSR count). The molecule has 0 aromatic heterocycles. The van der Waals surface area contributed by atoms with Gasteiger partial charge in [0.1, 0.15) is 13.2 Å². The van der Waals surface area contributed by atoms with Gasteiger partial charge in [0.25, 0.3) is 0 Å². The lowest BCUT2D eigenvalue weighted by Gasteiger charge is -2.09. The third kappa shape index (κ3) is 14.2. The van der Waals surface area contributed by atoms with Crippen molar-refractivity contribution in [2.24, 2.45) is 0 Å². The summed E-state index contributed by atoms with van der Waals surface area (Å²) >= 11 is 0. The second-order valence-corrected chi connectivity index (χ2v) is 5.66. The number of ether oxygens (including phenoxy) is 4. The minimum absolute atomic E-state index is 0.0240. The SMILES string of the molecule is C=C(C)C(=O)OCCNC(=O)OCCCCOC(=O)NCCOC(=O)C(=C)C. The molecule has 0 aromatic rings. The number of alkyl carbamates (subject to hydrolysis) is 2. The Kier molecular flexibility index (Phi) is 13.4. The number of hydrogen-bond donors (Lipinski definition) is 2. The first kappa shape index (κ1) is 25.0. The van der Waals surface area contributed by atoms with Crippen LogP contribution in [0.5, 0.6) is 0 Å². The molecule has 0 aliphatic rings. The molecule has 0 radical (unpaired) electrons. The van der Waals surface area contributed by atoms with Crippen LogP contribution in [0.2, 0.25) is 0 Å². The molecule has 0 bridgehead atoms. The number of hydrogen-bond acceptors (Lipinski definition) is 8. The molecule has 0 aliphatic carbocycles. The zero-order valence-corrected chi connectivity index (χ0v) is 16.3. The molecule has 0 unspecified atom stereocenters. The van der Waals surface area contributed by atoms with E-state index in [2.05, 4.69) is 23.8 Å². The second-order valence-electron chi connectivity index (χ2n) is 5.66. The molecule has 0 aromatic carbocycles. The Hall–Kier alpha value is -3.04. The molecule has 158 valence electrons. The Balaban J connectivity index is 3.50. The van der Waals surface area contributed by atoms with Crippen LogP contribution in [0.1, 0.15) is 26.7 Å². The number of carbonyl (C=O) groups is 4. The maximum atomic E-state index is 11.4. The van der Waals surface area contributed by atoms with Gasteiger partial charge < -0.3 is 29.6 Å². The van der Waals surface area contributed by atoms with Gasteiger partial charge in [0.15, 0.2) is 0 Å². The van der Waals surface area contributed by atoms with Crippen molar-refractivity contribution in [1.82, 2.24) is 10.6 Å². The molecule has 2 N–H and O–H groups in total. The van der Waals surface area contributed by atoms with E-state index in [4.69, 9.17) is 18.9 Å². The summed E-state index contributed by atoms with van der Waals surface area (Å²) in [5.74, 6) is -1.04. The van der Waals surface area contributed by atoms with Crippen molar-refractivity contribution >= 4 is 24.1 Å². The molecular weight excluding hydrogens is 372 g/mol. The van der Waals surface area contributed by atoms with Crippen molar-refractivity contribution < 1.29 is 38.1 Å². The first-order chi connectivity index (χ1) is 13.2. The summed E-state index contributed by atoms with van der Waals surface area (Å²) < 4.78 is 19.4. The fourth-order valence-corrected chi connectivity index (χ4v) is 1.48. The number of amides is 2. The first-order valence-corrected chi connectivity index (χ1v) is 8.70. The standard InChI is InChI=1S/C18H28N2O8/c1-13(2)15(21)25-11-7-19-17(23)27-9-5-6-10-28-18(24)20-8-12-26-16(22)14(3)4/h1,3,5-12H2,2,4H3,(H,19,23)(H,20,24). The summed E-state index contributed by atoms with van der Waals surface area (Å²) in [7, 11) is 0. The molecule has 2 amide bonds. The molecule has 0 saturated heterocycles. The summed E-state index contributed by atoms with van der Waals surface area (Å²) in [6.07, 6.45) is -0.257. The lowest BCUT2D eigenvalue weighted by atomic mass is 10.3. The largest absolute Gasteiger partial charge is 0.460 e. The Morgan fingerprint density at radius 2 is 1.00 bits per heavy atom. The maximum Gasteiger partial charge on any atom is 0.407 e. The molecule has 10 heteroatoms. The summed E-state index contributed by atoms with van der Waals surface area (Å²) in [5, 5.41) is 4.85. The zero-order valence-electron chi connectivity index (χ0n) is 16.3. The van der Waals surface area contributed by atoms with Gasteiger partial charge >= 0.3 is 24.1 Å². The van der Waals surface area contributed by atoms with Gasteiger partial charge in [-0.15, -0.1) is 0 Å². The highest BCUT2D eigenvalue weighted by Crippen LogP contribution is 1.94. The van der Waals surface area contributed by atoms with E-state index in [0.717, 1.165) is 0 Å². The quantitative estimate of drug-likeness (QED) is 0.206. The van der Waals surface area contributed by atoms with E-state index in [0.29, 0.717) is 12.8 Å². The van der Waals surface area contributed by atoms with Crippen LogP contribution in [-0.4, -0.2) is 63.6 Å². The predicted octanol–water partition coefficient (Wildman–Crippen LogP) is 1.46. The van der Waals surface area contributed by atoms with Crippen molar-refractivity contribution in [3.8, 4) is 0 Å². The molecule has 0 fully saturated rings. The van der Waals surface area contributed by atoms with Gasteiger partial charge in [-0.05, 0) is 26.7 Å². The van der Waals surface area contributed by atoms with Gasteiger partial charge in [0, 0.05) is 11.1 Å². The summed E-state index contributed by atoms with van der Waals surface area (Å²) in [6, 6.07) is 0. The van der Waals surface area contributed by atoms with Crippen LogP contribution in [0.4, 0.5) is 9.59 Å². The van der Waals surface area contributed by atoms with Crippen molar-refractivity contribution in [3.05, 3.63) is 24.3 Å². The van der Waals surface area contributed by atoms with Crippen LogP contribution in [0, 0.1) is 0 Å². The van der Waals surface area contributed by atoms with E-state index in [9.17, 15) is 19.2 Å². The van der Waals surface area contributed by atoms with Crippen molar-refractivity contribution in [2.75, 3.05) is 39.5 Å². The van der Waals surface area contributed by atoms with Gasteiger partial charge in [-0.1, -0.05) is 13.2 Å². The summed E-state index contributed by atoms with van der Waals surface area (Å²) in [6.45, 7) is 10.5. The fraction of sp³-hybridized carbons (Fsp3) is 0.556. The highest BCUT2D eigenvalue weighted by atomic mass is 16.6. The molecule has 28 heavy (non-hydrogen) atoms. The molecule has 0 aliphatic heterocycles. The number of nitrogens with one attached hydrogen (secondary N) is 2. The Morgan fingerprint density at radius 1 is 0.643 bits per heavy atom. The third-order valence-electron chi connectivity index (χ3n) is 2.91. The summed E-state index contributed by atoms with van der Waals surface area (Å²) in [4.78, 5) is 45.0. The Labute approximate surface area is 164 Å². The summed E-state index contributed by atoms with van der Waals surface area (Å²) in [5.41, 5.74) is 0.564. The normalized spacial score (nSPS) is 9.64. The average molecular weight is 400 g/mol. The van der Waals surface area contributed by atoms with E-state index in [1.807, 2.05) is 0 Å². The molecule has 0 saturated carbocycles. The van der Waals surface area contributed by atoms with E-state index in [-0.39, 0.29) is 50.7 Å². The number of carbonyl (C=O) groups excluding carboxylic acids is 4. The van der Waals surface area contributed by atoms with Gasteiger partial charge in [0.2, 0.25) is 0 Å². The Bertz CT molecular complexity index is 524. The minimum Gasteiger partial charge on any atom is -0.460 e. The second kappa shape index (κ2) is 15.1. The van der Waals surface area contributed by atoms with Crippen LogP contribution in [-0.2, 0) is 28.5 Å². The molecule has 0 atom stereocenters. The molecule has 0 spiro atoms. The predicted molar refractivity (Wildman–Crippen MR) is 99.5 cm³/mol. The highest BCUT2D eigenvalue weighted by molar-refractivity contribution is 5.87. The number of esters is 2. The average Bonchev–Trinajstić information content (AvgIpc) is 2.64. The van der Waals surface area contributed by atoms with E-state index >= 15 is 0 Å². The van der Waals surface area contributed by atoms with E-state index in [1.165, 1.54) is 13.8 Å². The van der Waals surface area contributed by atoms with Gasteiger partial charge in [-0.25, -0.2) is 19.2 Å². The monoisotopic (exact) mass is 400 g/mol. The zero-order chi connectivity index (χ0) is 21.4. The van der Waals surface area contributed by atoms with E-state index < -0.39 is 24.1 Å². The maximum absolute atomic E-state index is 11.4. The number of rotatable bonds is 13. The van der Waals surface area contributed by atoms with Crippen LogP contribution in [0.3, 0.4) is 0 Å². The van der Waals surface area contributed by atoms with Crippen LogP contribution < -0.4 is 10.6 Å². The van der Waals surface area contributed by atoms with Crippen molar-refractivity contribution in [2.45, 2.75) is 26.7 Å². The Morgan fingerprint density at radius 3 is 1.32 bits per heavy atom. The van der Waals surface area contributed by atoms with Crippen molar-refractivity contribution in [1.29, 1.82) is 0 Å². The fourth-order valence-electron chi connectivity index (χ4n) is 1.48. The topological polar surface area (TPSA) is 129 Å². The first-order valence-electron chi connectivity index (χ1n) is 8.70. The van der Waals surface area contributed by atoms with Crippen LogP contribution >= 0.6 is 0 Å². The molecule has 10 nitrogen and oxygen atoms in total. The lowest BCUT2D eigenvalue weighted by molar-refractivity contribution is -0.139. The van der Waals surface area contributed by atoms with Crippen LogP contribution in [0.15, 0.2) is 24.3 Å². The lowest BCUT2D eigenvalue weighted by Crippen LogP contribution is -2.29. The number of unbranched alkanes of at least 4 members (excludes halogenated alkanes) is 1. The van der Waals surface area contributed by atoms with E-state index in [1.54, 1.807) is 0 Å². The van der Waals surface area contributed by atoms with Crippen LogP contribution in [0.25, 0.3) is 0 Å². The van der Waals surface area contributed by atoms with Crippen molar-refractivity contribution in [3.63, 3.8) is 0 Å². The van der Waals surface area contributed by atoms with Gasteiger partial charge in [0.05, 0.1) is 26.3 Å². The third-order valence-corrected chi connectivity index (χ3v) is 2.91. The minimum atomic E-state index is -0.630. The molecule has 0 heterocycles. The van der Waals surface area contributed by atoms with Gasteiger partial charge in [-0.2, -0.15) is 0 Å². The highest BCUT2D eigenvalue weighted by Gasteiger charge is 2.06. The smallest absolute Gasteiger partial charge is 0.407 e. The molecular formula is C18H28N2O8. The van der Waals surface area contributed by atoms with Gasteiger partial charge in [-0.3, -0.25) is 0 Å².